The van der Waals surface area contributed by atoms with Crippen molar-refractivity contribution in [2.45, 2.75) is 20.8 Å². The molecule has 0 fully saturated rings. The molecule has 0 aliphatic carbocycles. The van der Waals surface area contributed by atoms with Crippen LogP contribution in [0.3, 0.4) is 0 Å². The van der Waals surface area contributed by atoms with Crippen LogP contribution in [-0.2, 0) is 0 Å². The van der Waals surface area contributed by atoms with E-state index in [9.17, 15) is 0 Å². The number of hydrogen-bond donors (Lipinski definition) is 2. The maximum atomic E-state index is 7.54. The van der Waals surface area contributed by atoms with Crippen LogP contribution in [0.4, 0.5) is 5.69 Å². The molecule has 2 aromatic carbocycles. The number of anilines is 1. The zero-order valence-corrected chi connectivity index (χ0v) is 12.4. The summed E-state index contributed by atoms with van der Waals surface area (Å²) in [6.45, 7) is 9.81. The minimum absolute atomic E-state index is 0.573. The Hall–Kier alpha value is -2.35. The summed E-state index contributed by atoms with van der Waals surface area (Å²) < 4.78 is 0. The van der Waals surface area contributed by atoms with Crippen molar-refractivity contribution < 1.29 is 0 Å². The second-order valence-electron chi connectivity index (χ2n) is 4.17. The molecule has 0 aliphatic heterocycles. The zero-order chi connectivity index (χ0) is 15.0. The molecule has 0 spiro atoms. The van der Waals surface area contributed by atoms with Gasteiger partial charge in [-0.1, -0.05) is 62.9 Å². The van der Waals surface area contributed by atoms with Gasteiger partial charge in [-0.2, -0.15) is 0 Å². The van der Waals surface area contributed by atoms with Crippen molar-refractivity contribution in [2.75, 3.05) is 5.32 Å². The van der Waals surface area contributed by atoms with Gasteiger partial charge >= 0.3 is 0 Å². The summed E-state index contributed by atoms with van der Waals surface area (Å²) in [5.74, 6) is 0. The van der Waals surface area contributed by atoms with Crippen LogP contribution in [0.1, 0.15) is 31.9 Å². The Morgan fingerprint density at radius 3 is 1.95 bits per heavy atom. The number of benzene rings is 2. The topological polar surface area (TPSA) is 35.9 Å². The maximum Gasteiger partial charge on any atom is 0.0384 e. The van der Waals surface area contributed by atoms with E-state index in [-0.39, 0.29) is 0 Å². The zero-order valence-electron chi connectivity index (χ0n) is 12.4. The van der Waals surface area contributed by atoms with Gasteiger partial charge in [-0.3, -0.25) is 0 Å². The number of hydrogen-bond acceptors (Lipinski definition) is 2. The van der Waals surface area contributed by atoms with Gasteiger partial charge in [-0.15, -0.1) is 0 Å². The molecule has 0 radical (unpaired) electrons. The second-order valence-corrected chi connectivity index (χ2v) is 4.17. The lowest BCUT2D eigenvalue weighted by Crippen LogP contribution is -1.98. The molecule has 2 rings (SSSR count). The van der Waals surface area contributed by atoms with E-state index >= 15 is 0 Å². The lowest BCUT2D eigenvalue weighted by atomic mass is 10.1. The van der Waals surface area contributed by atoms with Gasteiger partial charge < -0.3 is 10.7 Å². The molecule has 20 heavy (non-hydrogen) atoms. The smallest absolute Gasteiger partial charge is 0.0384 e. The van der Waals surface area contributed by atoms with Gasteiger partial charge in [0.25, 0.3) is 0 Å². The van der Waals surface area contributed by atoms with Crippen LogP contribution in [0.25, 0.3) is 5.70 Å². The Balaban J connectivity index is 0.000000956. The van der Waals surface area contributed by atoms with E-state index in [4.69, 9.17) is 5.41 Å². The molecule has 0 saturated carbocycles. The fraction of sp³-hybridized carbons (Fsp3) is 0.167. The van der Waals surface area contributed by atoms with Gasteiger partial charge in [-0.05, 0) is 30.2 Å². The Morgan fingerprint density at radius 1 is 0.900 bits per heavy atom. The normalized spacial score (nSPS) is 9.15. The van der Waals surface area contributed by atoms with Gasteiger partial charge in [0.15, 0.2) is 0 Å². The predicted molar refractivity (Wildman–Crippen MR) is 89.4 cm³/mol. The van der Waals surface area contributed by atoms with Crippen LogP contribution in [-0.4, -0.2) is 5.71 Å². The SMILES string of the molecule is C=C(Nc1ccc(C(C)=N)cc1)c1ccccc1.CC. The van der Waals surface area contributed by atoms with Crippen LogP contribution >= 0.6 is 0 Å². The van der Waals surface area contributed by atoms with E-state index in [1.165, 1.54) is 0 Å². The molecule has 0 aliphatic rings. The van der Waals surface area contributed by atoms with Gasteiger partial charge in [0.1, 0.15) is 0 Å². The molecule has 0 unspecified atom stereocenters. The van der Waals surface area contributed by atoms with Crippen LogP contribution in [0.2, 0.25) is 0 Å². The van der Waals surface area contributed by atoms with E-state index in [1.807, 2.05) is 68.4 Å². The van der Waals surface area contributed by atoms with Crippen molar-refractivity contribution in [3.63, 3.8) is 0 Å². The molecule has 104 valence electrons. The van der Waals surface area contributed by atoms with E-state index in [0.29, 0.717) is 5.71 Å². The summed E-state index contributed by atoms with van der Waals surface area (Å²) in [5, 5.41) is 10.8. The van der Waals surface area contributed by atoms with E-state index < -0.39 is 0 Å². The Kier molecular flexibility index (Phi) is 6.24. The molecule has 2 N–H and O–H groups in total. The van der Waals surface area contributed by atoms with E-state index in [2.05, 4.69) is 11.9 Å². The molecule has 0 bridgehead atoms. The molecular weight excluding hydrogens is 244 g/mol. The van der Waals surface area contributed by atoms with Crippen molar-refractivity contribution in [3.8, 4) is 0 Å². The first-order chi connectivity index (χ1) is 9.66. The van der Waals surface area contributed by atoms with Gasteiger partial charge in [0, 0.05) is 17.1 Å². The predicted octanol–water partition coefficient (Wildman–Crippen LogP) is 5.18. The molecule has 0 atom stereocenters. The maximum absolute atomic E-state index is 7.54. The first-order valence-corrected chi connectivity index (χ1v) is 6.84. The largest absolute Gasteiger partial charge is 0.356 e. The molecule has 0 heterocycles. The minimum atomic E-state index is 0.573. The van der Waals surface area contributed by atoms with Crippen LogP contribution in [0.15, 0.2) is 61.2 Å². The van der Waals surface area contributed by atoms with Gasteiger partial charge in [0.05, 0.1) is 0 Å². The number of rotatable bonds is 4. The Labute approximate surface area is 121 Å². The lowest BCUT2D eigenvalue weighted by molar-refractivity contribution is 1.45. The van der Waals surface area contributed by atoms with Crippen LogP contribution < -0.4 is 5.32 Å². The molecule has 0 saturated heterocycles. The van der Waals surface area contributed by atoms with Crippen molar-refractivity contribution in [3.05, 3.63) is 72.3 Å². The fourth-order valence-electron chi connectivity index (χ4n) is 1.69. The molecule has 0 aromatic heterocycles. The van der Waals surface area contributed by atoms with Crippen LogP contribution in [0, 0.1) is 5.41 Å². The van der Waals surface area contributed by atoms with Gasteiger partial charge in [-0.25, -0.2) is 0 Å². The Morgan fingerprint density at radius 2 is 1.45 bits per heavy atom. The minimum Gasteiger partial charge on any atom is -0.356 e. The van der Waals surface area contributed by atoms with Crippen LogP contribution in [0.5, 0.6) is 0 Å². The van der Waals surface area contributed by atoms with Gasteiger partial charge in [0.2, 0.25) is 0 Å². The molecular formula is C18H22N2. The number of nitrogens with one attached hydrogen (secondary N) is 2. The summed E-state index contributed by atoms with van der Waals surface area (Å²) >= 11 is 0. The molecule has 0 amide bonds. The van der Waals surface area contributed by atoms with Crippen molar-refractivity contribution >= 4 is 17.1 Å². The average Bonchev–Trinajstić information content (AvgIpc) is 2.50. The summed E-state index contributed by atoms with van der Waals surface area (Å²) in [5.41, 5.74) is 4.43. The van der Waals surface area contributed by atoms with E-state index in [1.54, 1.807) is 6.92 Å². The Bertz CT molecular complexity index is 554. The van der Waals surface area contributed by atoms with Crippen molar-refractivity contribution in [2.24, 2.45) is 0 Å². The highest BCUT2D eigenvalue weighted by Crippen LogP contribution is 2.17. The van der Waals surface area contributed by atoms with Crippen molar-refractivity contribution in [1.29, 1.82) is 5.41 Å². The highest BCUT2D eigenvalue weighted by atomic mass is 14.9. The second kappa shape index (κ2) is 7.95. The molecule has 2 heteroatoms. The highest BCUT2D eigenvalue weighted by molar-refractivity contribution is 5.96. The highest BCUT2D eigenvalue weighted by Gasteiger charge is 1.99. The van der Waals surface area contributed by atoms with Crippen molar-refractivity contribution in [1.82, 2.24) is 0 Å². The monoisotopic (exact) mass is 266 g/mol. The average molecular weight is 266 g/mol. The first-order valence-electron chi connectivity index (χ1n) is 6.84. The summed E-state index contributed by atoms with van der Waals surface area (Å²) in [7, 11) is 0. The molecule has 2 aromatic rings. The molecule has 2 nitrogen and oxygen atoms in total. The summed E-state index contributed by atoms with van der Waals surface area (Å²) in [4.78, 5) is 0. The quantitative estimate of drug-likeness (QED) is 0.734. The third kappa shape index (κ3) is 4.39. The third-order valence-electron chi connectivity index (χ3n) is 2.74. The summed E-state index contributed by atoms with van der Waals surface area (Å²) in [6.07, 6.45) is 0. The standard InChI is InChI=1S/C16H16N2.C2H6/c1-12(17)14-8-10-16(11-9-14)18-13(2)15-6-4-3-5-7-15;1-2/h3-11,17-18H,2H2,1H3;1-2H3. The summed E-state index contributed by atoms with van der Waals surface area (Å²) in [6, 6.07) is 17.8. The fourth-order valence-corrected chi connectivity index (χ4v) is 1.69. The van der Waals surface area contributed by atoms with E-state index in [0.717, 1.165) is 22.5 Å². The lowest BCUT2D eigenvalue weighted by Gasteiger charge is -2.10. The third-order valence-corrected chi connectivity index (χ3v) is 2.74. The first kappa shape index (κ1) is 15.7.